The fourth-order valence-electron chi connectivity index (χ4n) is 3.96. The Balaban J connectivity index is 1.12. The van der Waals surface area contributed by atoms with Gasteiger partial charge in [-0.3, -0.25) is 4.98 Å². The van der Waals surface area contributed by atoms with Crippen molar-refractivity contribution in [1.82, 2.24) is 10.3 Å². The van der Waals surface area contributed by atoms with E-state index in [4.69, 9.17) is 4.74 Å². The van der Waals surface area contributed by atoms with Crippen molar-refractivity contribution in [2.45, 2.75) is 18.9 Å². The molecule has 0 radical (unpaired) electrons. The predicted molar refractivity (Wildman–Crippen MR) is 130 cm³/mol. The zero-order chi connectivity index (χ0) is 21.8. The Bertz CT molecular complexity index is 1190. The van der Waals surface area contributed by atoms with E-state index in [-0.39, 0.29) is 12.1 Å². The molecule has 0 unspecified atom stereocenters. The van der Waals surface area contributed by atoms with Crippen LogP contribution in [0.3, 0.4) is 0 Å². The molecule has 2 N–H and O–H groups in total. The maximum atomic E-state index is 12.5. The molecule has 1 fully saturated rings. The second-order valence-electron chi connectivity index (χ2n) is 7.76. The average molecular weight is 445 g/mol. The third kappa shape index (κ3) is 4.68. The Kier molecular flexibility index (Phi) is 5.89. The number of para-hydroxylation sites is 1. The van der Waals surface area contributed by atoms with Gasteiger partial charge in [-0.05, 0) is 66.8 Å². The molecule has 1 aliphatic rings. The van der Waals surface area contributed by atoms with E-state index >= 15 is 0 Å². The monoisotopic (exact) mass is 444 g/mol. The molecule has 2 aromatic carbocycles. The summed E-state index contributed by atoms with van der Waals surface area (Å²) in [5.74, 6) is 1.51. The zero-order valence-corrected chi connectivity index (χ0v) is 18.3. The minimum atomic E-state index is -0.176. The molecule has 6 nitrogen and oxygen atoms in total. The summed E-state index contributed by atoms with van der Waals surface area (Å²) in [7, 11) is 0. The van der Waals surface area contributed by atoms with E-state index in [1.54, 1.807) is 11.3 Å². The first-order chi connectivity index (χ1) is 15.7. The summed E-state index contributed by atoms with van der Waals surface area (Å²) in [5.41, 5.74) is 3.02. The van der Waals surface area contributed by atoms with Crippen LogP contribution in [0, 0.1) is 0 Å². The molecule has 5 rings (SSSR count). The summed E-state index contributed by atoms with van der Waals surface area (Å²) in [6, 6.07) is 21.1. The number of hydrogen-bond donors (Lipinski definition) is 2. The number of piperidine rings is 1. The predicted octanol–water partition coefficient (Wildman–Crippen LogP) is 5.88. The van der Waals surface area contributed by atoms with E-state index < -0.39 is 0 Å². The Morgan fingerprint density at radius 1 is 0.969 bits per heavy atom. The lowest BCUT2D eigenvalue weighted by molar-refractivity contribution is 0.246. The van der Waals surface area contributed by atoms with Crippen LogP contribution in [-0.4, -0.2) is 30.1 Å². The number of fused-ring (bicyclic) bond motifs is 1. The van der Waals surface area contributed by atoms with Gasteiger partial charge in [0.1, 0.15) is 11.5 Å². The van der Waals surface area contributed by atoms with Crippen LogP contribution in [-0.2, 0) is 0 Å². The third-order valence-electron chi connectivity index (χ3n) is 5.59. The molecular formula is C25H24N4O2S. The van der Waals surface area contributed by atoms with Gasteiger partial charge in [0, 0.05) is 31.0 Å². The maximum absolute atomic E-state index is 12.5. The number of benzene rings is 2. The van der Waals surface area contributed by atoms with Gasteiger partial charge in [0.05, 0.1) is 15.9 Å². The summed E-state index contributed by atoms with van der Waals surface area (Å²) in [6.45, 7) is 1.82. The van der Waals surface area contributed by atoms with Crippen LogP contribution in [0.5, 0.6) is 11.5 Å². The molecule has 1 aliphatic heterocycles. The first-order valence-electron chi connectivity index (χ1n) is 10.7. The molecular weight excluding hydrogens is 420 g/mol. The lowest BCUT2D eigenvalue weighted by Gasteiger charge is -2.34. The van der Waals surface area contributed by atoms with Crippen molar-refractivity contribution in [3.8, 4) is 11.5 Å². The van der Waals surface area contributed by atoms with E-state index in [1.165, 1.54) is 10.4 Å². The maximum Gasteiger partial charge on any atom is 0.319 e. The van der Waals surface area contributed by atoms with Crippen LogP contribution < -0.4 is 20.3 Å². The van der Waals surface area contributed by atoms with Gasteiger partial charge in [-0.15, -0.1) is 11.3 Å². The highest BCUT2D eigenvalue weighted by Crippen LogP contribution is 2.31. The molecule has 0 atom stereocenters. The SMILES string of the molecule is O=C(Nc1ccc(Oc2ccccc2)cc1)NC1CCN(c2ccnc3ccsc23)CC1. The molecule has 3 heterocycles. The van der Waals surface area contributed by atoms with E-state index in [1.807, 2.05) is 60.8 Å². The molecule has 0 bridgehead atoms. The zero-order valence-electron chi connectivity index (χ0n) is 17.5. The molecule has 0 aliphatic carbocycles. The fraction of sp³-hybridized carbons (Fsp3) is 0.200. The van der Waals surface area contributed by atoms with Gasteiger partial charge in [0.15, 0.2) is 0 Å². The molecule has 7 heteroatoms. The number of amides is 2. The molecule has 2 amide bonds. The van der Waals surface area contributed by atoms with Gasteiger partial charge in [-0.2, -0.15) is 0 Å². The highest BCUT2D eigenvalue weighted by atomic mass is 32.1. The number of aromatic nitrogens is 1. The molecule has 0 saturated carbocycles. The molecule has 4 aromatic rings. The van der Waals surface area contributed by atoms with Crippen molar-refractivity contribution in [3.05, 3.63) is 78.3 Å². The molecule has 32 heavy (non-hydrogen) atoms. The summed E-state index contributed by atoms with van der Waals surface area (Å²) >= 11 is 1.73. The minimum Gasteiger partial charge on any atom is -0.457 e. The highest BCUT2D eigenvalue weighted by Gasteiger charge is 2.22. The largest absolute Gasteiger partial charge is 0.457 e. The van der Waals surface area contributed by atoms with Crippen LogP contribution >= 0.6 is 11.3 Å². The second-order valence-corrected chi connectivity index (χ2v) is 8.68. The van der Waals surface area contributed by atoms with E-state index in [0.717, 1.165) is 48.6 Å². The summed E-state index contributed by atoms with van der Waals surface area (Å²) in [4.78, 5) is 19.3. The second kappa shape index (κ2) is 9.28. The summed E-state index contributed by atoms with van der Waals surface area (Å²) in [5, 5.41) is 8.11. The Morgan fingerprint density at radius 2 is 1.72 bits per heavy atom. The van der Waals surface area contributed by atoms with Gasteiger partial charge in [-0.1, -0.05) is 18.2 Å². The summed E-state index contributed by atoms with van der Waals surface area (Å²) in [6.07, 6.45) is 3.69. The number of carbonyl (C=O) groups excluding carboxylic acids is 1. The number of carbonyl (C=O) groups is 1. The smallest absolute Gasteiger partial charge is 0.319 e. The number of pyridine rings is 1. The lowest BCUT2D eigenvalue weighted by atomic mass is 10.0. The molecule has 1 saturated heterocycles. The lowest BCUT2D eigenvalue weighted by Crippen LogP contribution is -2.46. The van der Waals surface area contributed by atoms with E-state index in [9.17, 15) is 4.79 Å². The normalized spacial score (nSPS) is 14.3. The number of ether oxygens (including phenoxy) is 1. The van der Waals surface area contributed by atoms with E-state index in [0.29, 0.717) is 0 Å². The topological polar surface area (TPSA) is 66.5 Å². The van der Waals surface area contributed by atoms with Crippen LogP contribution in [0.1, 0.15) is 12.8 Å². The van der Waals surface area contributed by atoms with Crippen LogP contribution in [0.15, 0.2) is 78.3 Å². The number of nitrogens with one attached hydrogen (secondary N) is 2. The van der Waals surface area contributed by atoms with Crippen molar-refractivity contribution >= 4 is 39.0 Å². The quantitative estimate of drug-likeness (QED) is 0.403. The number of rotatable bonds is 5. The van der Waals surface area contributed by atoms with Crippen LogP contribution in [0.25, 0.3) is 10.2 Å². The Hall–Kier alpha value is -3.58. The summed E-state index contributed by atoms with van der Waals surface area (Å²) < 4.78 is 7.02. The van der Waals surface area contributed by atoms with E-state index in [2.05, 4.69) is 38.0 Å². The van der Waals surface area contributed by atoms with Crippen molar-refractivity contribution < 1.29 is 9.53 Å². The molecule has 2 aromatic heterocycles. The van der Waals surface area contributed by atoms with Gasteiger partial charge >= 0.3 is 6.03 Å². The van der Waals surface area contributed by atoms with Crippen LogP contribution in [0.4, 0.5) is 16.2 Å². The van der Waals surface area contributed by atoms with Crippen molar-refractivity contribution in [3.63, 3.8) is 0 Å². The van der Waals surface area contributed by atoms with Crippen molar-refractivity contribution in [2.24, 2.45) is 0 Å². The first-order valence-corrected chi connectivity index (χ1v) is 11.6. The standard InChI is InChI=1S/C25H24N4O2S/c30-25(27-18-6-8-21(9-7-18)31-20-4-2-1-3-5-20)28-19-11-15-29(16-12-19)23-10-14-26-22-13-17-32-24(22)23/h1-10,13-14,17,19H,11-12,15-16H2,(H2,27,28,30). The van der Waals surface area contributed by atoms with Gasteiger partial charge in [0.2, 0.25) is 0 Å². The van der Waals surface area contributed by atoms with Gasteiger partial charge in [0.25, 0.3) is 0 Å². The van der Waals surface area contributed by atoms with Crippen molar-refractivity contribution in [1.29, 1.82) is 0 Å². The van der Waals surface area contributed by atoms with Gasteiger partial charge < -0.3 is 20.3 Å². The third-order valence-corrected chi connectivity index (χ3v) is 6.51. The average Bonchev–Trinajstić information content (AvgIpc) is 3.31. The Morgan fingerprint density at radius 3 is 2.50 bits per heavy atom. The highest BCUT2D eigenvalue weighted by molar-refractivity contribution is 7.17. The minimum absolute atomic E-state index is 0.160. The Labute approximate surface area is 190 Å². The number of thiophene rings is 1. The van der Waals surface area contributed by atoms with Gasteiger partial charge in [-0.25, -0.2) is 4.79 Å². The van der Waals surface area contributed by atoms with Crippen LogP contribution in [0.2, 0.25) is 0 Å². The fourth-order valence-corrected chi connectivity index (χ4v) is 4.85. The number of urea groups is 1. The first kappa shape index (κ1) is 20.3. The number of hydrogen-bond acceptors (Lipinski definition) is 5. The molecule has 0 spiro atoms. The molecule has 162 valence electrons. The number of nitrogens with zero attached hydrogens (tertiary/aromatic N) is 2. The number of anilines is 2. The van der Waals surface area contributed by atoms with Crippen molar-refractivity contribution in [2.75, 3.05) is 23.3 Å².